The van der Waals surface area contributed by atoms with Gasteiger partial charge in [-0.15, -0.1) is 0 Å². The summed E-state index contributed by atoms with van der Waals surface area (Å²) in [6.07, 6.45) is 8.40. The summed E-state index contributed by atoms with van der Waals surface area (Å²) in [7, 11) is 2.10. The average Bonchev–Trinajstić information content (AvgIpc) is 3.77. The monoisotopic (exact) mass is 533 g/mol. The summed E-state index contributed by atoms with van der Waals surface area (Å²) in [5, 5.41) is 2.28. The molecule has 0 radical (unpaired) electrons. The van der Waals surface area contributed by atoms with Crippen LogP contribution in [-0.4, -0.2) is 70.3 Å². The molecule has 0 saturated carbocycles. The van der Waals surface area contributed by atoms with Crippen molar-refractivity contribution < 1.29 is 14.3 Å². The SMILES string of the molecule is CN1CCN(C(=O)c2cn(C(Cc3ccc4c(c3)OCO4)c3cnc[nH]3)cc2-c2cccc3ccccc23)CC1. The van der Waals surface area contributed by atoms with Crippen molar-refractivity contribution in [3.8, 4) is 22.6 Å². The first kappa shape index (κ1) is 24.5. The Hall–Kier alpha value is -4.56. The number of hydrogen-bond acceptors (Lipinski definition) is 5. The largest absolute Gasteiger partial charge is 0.454 e. The number of carbonyl (C=O) groups is 1. The number of benzene rings is 3. The van der Waals surface area contributed by atoms with Crippen LogP contribution in [0.2, 0.25) is 0 Å². The van der Waals surface area contributed by atoms with Crippen LogP contribution < -0.4 is 9.47 Å². The van der Waals surface area contributed by atoms with E-state index in [4.69, 9.17) is 9.47 Å². The number of imidazole rings is 1. The quantitative estimate of drug-likeness (QED) is 0.333. The van der Waals surface area contributed by atoms with Crippen molar-refractivity contribution in [3.05, 3.63) is 102 Å². The van der Waals surface area contributed by atoms with Gasteiger partial charge in [0.15, 0.2) is 11.5 Å². The van der Waals surface area contributed by atoms with Crippen molar-refractivity contribution in [1.82, 2.24) is 24.3 Å². The first-order valence-corrected chi connectivity index (χ1v) is 13.7. The average molecular weight is 534 g/mol. The fourth-order valence-electron chi connectivity index (χ4n) is 5.80. The number of hydrogen-bond donors (Lipinski definition) is 1. The summed E-state index contributed by atoms with van der Waals surface area (Å²) in [5.41, 5.74) is 4.79. The lowest BCUT2D eigenvalue weighted by Gasteiger charge is -2.32. The fraction of sp³-hybridized carbons (Fsp3) is 0.250. The number of carbonyl (C=O) groups excluding carboxylic acids is 1. The Labute approximate surface area is 232 Å². The van der Waals surface area contributed by atoms with Gasteiger partial charge in [-0.25, -0.2) is 4.98 Å². The Morgan fingerprint density at radius 1 is 0.950 bits per heavy atom. The van der Waals surface area contributed by atoms with Crippen molar-refractivity contribution >= 4 is 16.7 Å². The Bertz CT molecular complexity index is 1660. The van der Waals surface area contributed by atoms with Gasteiger partial charge in [0.05, 0.1) is 29.8 Å². The van der Waals surface area contributed by atoms with Crippen LogP contribution in [0.4, 0.5) is 0 Å². The van der Waals surface area contributed by atoms with Gasteiger partial charge in [0.25, 0.3) is 5.91 Å². The number of amides is 1. The second kappa shape index (κ2) is 10.2. The van der Waals surface area contributed by atoms with Crippen molar-refractivity contribution in [3.63, 3.8) is 0 Å². The van der Waals surface area contributed by atoms with Gasteiger partial charge in [0.1, 0.15) is 0 Å². The first-order chi connectivity index (χ1) is 19.6. The van der Waals surface area contributed by atoms with E-state index < -0.39 is 0 Å². The van der Waals surface area contributed by atoms with E-state index in [0.717, 1.165) is 76.4 Å². The molecule has 1 atom stereocenters. The molecule has 3 aromatic carbocycles. The molecule has 1 amide bonds. The molecule has 1 saturated heterocycles. The third kappa shape index (κ3) is 4.50. The van der Waals surface area contributed by atoms with Crippen LogP contribution in [0.5, 0.6) is 11.5 Å². The molecule has 2 aliphatic heterocycles. The molecule has 40 heavy (non-hydrogen) atoms. The highest BCUT2D eigenvalue weighted by atomic mass is 16.7. The van der Waals surface area contributed by atoms with Gasteiger partial charge < -0.3 is 28.8 Å². The highest BCUT2D eigenvalue weighted by Gasteiger charge is 2.27. The van der Waals surface area contributed by atoms with Gasteiger partial charge in [-0.2, -0.15) is 0 Å². The molecule has 202 valence electrons. The van der Waals surface area contributed by atoms with Crippen LogP contribution in [-0.2, 0) is 6.42 Å². The fourth-order valence-corrected chi connectivity index (χ4v) is 5.80. The van der Waals surface area contributed by atoms with Crippen LogP contribution >= 0.6 is 0 Å². The Balaban J connectivity index is 1.34. The predicted octanol–water partition coefficient (Wildman–Crippen LogP) is 4.98. The van der Waals surface area contributed by atoms with Gasteiger partial charge in [-0.3, -0.25) is 4.79 Å². The Morgan fingerprint density at radius 2 is 1.77 bits per heavy atom. The lowest BCUT2D eigenvalue weighted by atomic mass is 9.97. The molecule has 1 fully saturated rings. The number of fused-ring (bicyclic) bond motifs is 2. The predicted molar refractivity (Wildman–Crippen MR) is 154 cm³/mol. The van der Waals surface area contributed by atoms with Gasteiger partial charge in [-0.05, 0) is 47.5 Å². The molecular weight excluding hydrogens is 502 g/mol. The highest BCUT2D eigenvalue weighted by Crippen LogP contribution is 2.37. The summed E-state index contributed by atoms with van der Waals surface area (Å²) in [6.45, 7) is 3.42. The summed E-state index contributed by atoms with van der Waals surface area (Å²) >= 11 is 0. The third-order valence-corrected chi connectivity index (χ3v) is 8.05. The van der Waals surface area contributed by atoms with Crippen LogP contribution in [0.1, 0.15) is 27.7 Å². The van der Waals surface area contributed by atoms with Crippen molar-refractivity contribution in [1.29, 1.82) is 0 Å². The molecule has 2 aromatic heterocycles. The zero-order valence-electron chi connectivity index (χ0n) is 22.4. The lowest BCUT2D eigenvalue weighted by molar-refractivity contribution is 0.0664. The molecule has 1 N–H and O–H groups in total. The maximum Gasteiger partial charge on any atom is 0.256 e. The topological polar surface area (TPSA) is 75.6 Å². The van der Waals surface area contributed by atoms with E-state index in [1.54, 1.807) is 6.33 Å². The minimum Gasteiger partial charge on any atom is -0.454 e. The number of rotatable bonds is 6. The Morgan fingerprint density at radius 3 is 2.62 bits per heavy atom. The summed E-state index contributed by atoms with van der Waals surface area (Å²) in [6, 6.07) is 20.6. The van der Waals surface area contributed by atoms with Gasteiger partial charge >= 0.3 is 0 Å². The molecule has 1 unspecified atom stereocenters. The van der Waals surface area contributed by atoms with Crippen LogP contribution in [0.3, 0.4) is 0 Å². The van der Waals surface area contributed by atoms with Gasteiger partial charge in [0, 0.05) is 44.1 Å². The summed E-state index contributed by atoms with van der Waals surface area (Å²) < 4.78 is 13.3. The zero-order chi connectivity index (χ0) is 27.1. The van der Waals surface area contributed by atoms with Crippen LogP contribution in [0.15, 0.2) is 85.6 Å². The molecule has 5 aromatic rings. The van der Waals surface area contributed by atoms with Crippen molar-refractivity contribution in [2.75, 3.05) is 40.0 Å². The van der Waals surface area contributed by atoms with E-state index in [1.165, 1.54) is 0 Å². The highest BCUT2D eigenvalue weighted by molar-refractivity contribution is 6.06. The molecule has 8 heteroatoms. The molecule has 0 aliphatic carbocycles. The number of ether oxygens (including phenoxy) is 2. The van der Waals surface area contributed by atoms with E-state index in [1.807, 2.05) is 35.5 Å². The van der Waals surface area contributed by atoms with Crippen molar-refractivity contribution in [2.24, 2.45) is 0 Å². The minimum absolute atomic E-state index is 0.0706. The van der Waals surface area contributed by atoms with E-state index in [0.29, 0.717) is 6.42 Å². The number of likely N-dealkylation sites (N-methyl/N-ethyl adjacent to an activating group) is 1. The summed E-state index contributed by atoms with van der Waals surface area (Å²) in [5.74, 6) is 1.60. The number of piperazine rings is 1. The molecule has 8 nitrogen and oxygen atoms in total. The second-order valence-corrected chi connectivity index (χ2v) is 10.6. The van der Waals surface area contributed by atoms with Gasteiger partial charge in [0.2, 0.25) is 6.79 Å². The number of nitrogens with zero attached hydrogens (tertiary/aromatic N) is 4. The van der Waals surface area contributed by atoms with E-state index in [2.05, 4.69) is 75.1 Å². The maximum atomic E-state index is 14.1. The number of H-pyrrole nitrogens is 1. The molecule has 7 rings (SSSR count). The molecule has 2 aliphatic rings. The summed E-state index contributed by atoms with van der Waals surface area (Å²) in [4.78, 5) is 26.0. The smallest absolute Gasteiger partial charge is 0.256 e. The second-order valence-electron chi connectivity index (χ2n) is 10.6. The lowest BCUT2D eigenvalue weighted by Crippen LogP contribution is -2.47. The Kier molecular flexibility index (Phi) is 6.24. The van der Waals surface area contributed by atoms with Gasteiger partial charge in [-0.1, -0.05) is 48.5 Å². The molecule has 0 spiro atoms. The molecule has 4 heterocycles. The number of nitrogens with one attached hydrogen (secondary N) is 1. The standard InChI is InChI=1S/C32H31N5O3/c1-35-11-13-36(14-12-35)32(38)27-19-37(18-26(27)25-8-4-6-23-5-2-3-7-24(23)25)29(28-17-33-20-34-28)15-22-9-10-30-31(16-22)40-21-39-30/h2-10,16-20,29H,11-15,21H2,1H3,(H,33,34). The first-order valence-electron chi connectivity index (χ1n) is 13.7. The van der Waals surface area contributed by atoms with Crippen LogP contribution in [0.25, 0.3) is 21.9 Å². The third-order valence-electron chi connectivity index (χ3n) is 8.05. The van der Waals surface area contributed by atoms with E-state index in [9.17, 15) is 4.79 Å². The number of aromatic amines is 1. The maximum absolute atomic E-state index is 14.1. The van der Waals surface area contributed by atoms with Crippen molar-refractivity contribution in [2.45, 2.75) is 12.5 Å². The molecule has 0 bridgehead atoms. The molecular formula is C32H31N5O3. The van der Waals surface area contributed by atoms with Crippen LogP contribution in [0, 0.1) is 0 Å². The van der Waals surface area contributed by atoms with E-state index in [-0.39, 0.29) is 18.7 Å². The number of aromatic nitrogens is 3. The zero-order valence-corrected chi connectivity index (χ0v) is 22.4. The van der Waals surface area contributed by atoms with E-state index >= 15 is 0 Å². The normalized spacial score (nSPS) is 16.0. The minimum atomic E-state index is -0.106.